The minimum atomic E-state index is 0.492. The first-order chi connectivity index (χ1) is 5.29. The summed E-state index contributed by atoms with van der Waals surface area (Å²) in [6, 6.07) is 2.02. The summed E-state index contributed by atoms with van der Waals surface area (Å²) in [5.41, 5.74) is 0.492. The first-order valence-electron chi connectivity index (χ1n) is 3.28. The van der Waals surface area contributed by atoms with Crippen LogP contribution in [0.4, 0.5) is 0 Å². The molecular formula is C6H7BrN4. The van der Waals surface area contributed by atoms with E-state index in [2.05, 4.69) is 26.2 Å². The fraction of sp³-hybridized carbons (Fsp3) is 0.500. The van der Waals surface area contributed by atoms with Crippen molar-refractivity contribution in [2.75, 3.05) is 0 Å². The van der Waals surface area contributed by atoms with Crippen molar-refractivity contribution in [1.82, 2.24) is 15.0 Å². The highest BCUT2D eigenvalue weighted by Gasteiger charge is 2.07. The van der Waals surface area contributed by atoms with E-state index in [1.165, 1.54) is 0 Å². The number of aromatic nitrogens is 3. The fourth-order valence-electron chi connectivity index (χ4n) is 0.764. The van der Waals surface area contributed by atoms with Crippen LogP contribution in [0.1, 0.15) is 19.0 Å². The molecule has 4 nitrogen and oxygen atoms in total. The third-order valence-electron chi connectivity index (χ3n) is 1.24. The largest absolute Gasteiger partial charge is 0.234 e. The molecule has 11 heavy (non-hydrogen) atoms. The predicted octanol–water partition coefficient (Wildman–Crippen LogP) is 1.32. The SMILES string of the molecule is CCCn1nnc(Br)c1C#N. The molecule has 58 valence electrons. The van der Waals surface area contributed by atoms with Crippen LogP contribution in [-0.2, 0) is 6.54 Å². The maximum Gasteiger partial charge on any atom is 0.173 e. The van der Waals surface area contributed by atoms with Gasteiger partial charge >= 0.3 is 0 Å². The van der Waals surface area contributed by atoms with Gasteiger partial charge in [-0.1, -0.05) is 12.1 Å². The Kier molecular flexibility index (Phi) is 2.60. The maximum atomic E-state index is 8.63. The topological polar surface area (TPSA) is 54.5 Å². The van der Waals surface area contributed by atoms with Crippen molar-refractivity contribution >= 4 is 15.9 Å². The Bertz CT molecular complexity index is 285. The first kappa shape index (κ1) is 8.21. The lowest BCUT2D eigenvalue weighted by molar-refractivity contribution is 0.573. The van der Waals surface area contributed by atoms with E-state index in [-0.39, 0.29) is 0 Å². The van der Waals surface area contributed by atoms with Crippen LogP contribution in [0.2, 0.25) is 0 Å². The van der Waals surface area contributed by atoms with Gasteiger partial charge in [0, 0.05) is 6.54 Å². The molecule has 0 fully saturated rings. The smallest absolute Gasteiger partial charge is 0.173 e. The molecule has 1 heterocycles. The predicted molar refractivity (Wildman–Crippen MR) is 42.7 cm³/mol. The summed E-state index contributed by atoms with van der Waals surface area (Å²) in [4.78, 5) is 0. The molecule has 1 aromatic heterocycles. The van der Waals surface area contributed by atoms with Crippen LogP contribution >= 0.6 is 15.9 Å². The van der Waals surface area contributed by atoms with Crippen molar-refractivity contribution in [1.29, 1.82) is 5.26 Å². The van der Waals surface area contributed by atoms with Crippen molar-refractivity contribution < 1.29 is 0 Å². The second-order valence-corrected chi connectivity index (χ2v) is 2.81. The lowest BCUT2D eigenvalue weighted by Gasteiger charge is -1.95. The van der Waals surface area contributed by atoms with E-state index >= 15 is 0 Å². The summed E-state index contributed by atoms with van der Waals surface area (Å²) in [6.45, 7) is 2.76. The molecule has 0 saturated heterocycles. The van der Waals surface area contributed by atoms with Crippen molar-refractivity contribution in [3.8, 4) is 6.07 Å². The highest BCUT2D eigenvalue weighted by molar-refractivity contribution is 9.10. The fourth-order valence-corrected chi connectivity index (χ4v) is 1.13. The Morgan fingerprint density at radius 3 is 3.00 bits per heavy atom. The van der Waals surface area contributed by atoms with Crippen LogP contribution < -0.4 is 0 Å². The highest BCUT2D eigenvalue weighted by Crippen LogP contribution is 2.10. The van der Waals surface area contributed by atoms with E-state index in [0.717, 1.165) is 13.0 Å². The van der Waals surface area contributed by atoms with Gasteiger partial charge in [-0.25, -0.2) is 4.68 Å². The van der Waals surface area contributed by atoms with E-state index in [0.29, 0.717) is 10.3 Å². The second kappa shape index (κ2) is 3.49. The summed E-state index contributed by atoms with van der Waals surface area (Å²) >= 11 is 3.13. The van der Waals surface area contributed by atoms with E-state index in [9.17, 15) is 0 Å². The lowest BCUT2D eigenvalue weighted by atomic mass is 10.4. The summed E-state index contributed by atoms with van der Waals surface area (Å²) in [5.74, 6) is 0. The van der Waals surface area contributed by atoms with Crippen molar-refractivity contribution in [2.24, 2.45) is 0 Å². The molecule has 0 atom stereocenters. The second-order valence-electron chi connectivity index (χ2n) is 2.06. The minimum Gasteiger partial charge on any atom is -0.234 e. The molecule has 0 saturated carbocycles. The Labute approximate surface area is 72.9 Å². The third kappa shape index (κ3) is 1.57. The van der Waals surface area contributed by atoms with Gasteiger partial charge < -0.3 is 0 Å². The van der Waals surface area contributed by atoms with E-state index in [1.807, 2.05) is 13.0 Å². The molecule has 1 rings (SSSR count). The molecule has 0 unspecified atom stereocenters. The Morgan fingerprint density at radius 2 is 2.45 bits per heavy atom. The van der Waals surface area contributed by atoms with Gasteiger partial charge in [0.25, 0.3) is 0 Å². The summed E-state index contributed by atoms with van der Waals surface area (Å²) in [7, 11) is 0. The minimum absolute atomic E-state index is 0.492. The zero-order valence-corrected chi connectivity index (χ0v) is 7.67. The Balaban J connectivity index is 2.98. The molecule has 5 heteroatoms. The molecule has 0 aliphatic heterocycles. The van der Waals surface area contributed by atoms with Gasteiger partial charge in [0.1, 0.15) is 6.07 Å². The quantitative estimate of drug-likeness (QED) is 0.747. The standard InChI is InChI=1S/C6H7BrN4/c1-2-3-11-5(4-8)6(7)9-10-11/h2-3H2,1H3. The average molecular weight is 215 g/mol. The third-order valence-corrected chi connectivity index (χ3v) is 1.77. The number of aryl methyl sites for hydroxylation is 1. The van der Waals surface area contributed by atoms with Crippen LogP contribution in [0.25, 0.3) is 0 Å². The highest BCUT2D eigenvalue weighted by atomic mass is 79.9. The average Bonchev–Trinajstić information content (AvgIpc) is 2.33. The number of nitrogens with zero attached hydrogens (tertiary/aromatic N) is 4. The zero-order chi connectivity index (χ0) is 8.27. The normalized spacial score (nSPS) is 9.55. The van der Waals surface area contributed by atoms with E-state index in [4.69, 9.17) is 5.26 Å². The number of hydrogen-bond acceptors (Lipinski definition) is 3. The molecule has 0 N–H and O–H groups in total. The number of nitriles is 1. The number of hydrogen-bond donors (Lipinski definition) is 0. The monoisotopic (exact) mass is 214 g/mol. The molecule has 1 aromatic rings. The molecule has 0 aliphatic rings. The zero-order valence-electron chi connectivity index (χ0n) is 6.08. The summed E-state index contributed by atoms with van der Waals surface area (Å²) < 4.78 is 2.11. The summed E-state index contributed by atoms with van der Waals surface area (Å²) in [5, 5.41) is 16.1. The first-order valence-corrected chi connectivity index (χ1v) is 4.08. The number of halogens is 1. The van der Waals surface area contributed by atoms with Crippen LogP contribution in [0, 0.1) is 11.3 Å². The van der Waals surface area contributed by atoms with Gasteiger partial charge in [-0.05, 0) is 22.4 Å². The molecule has 0 bridgehead atoms. The van der Waals surface area contributed by atoms with E-state index in [1.54, 1.807) is 4.68 Å². The molecule has 0 aromatic carbocycles. The van der Waals surface area contributed by atoms with Gasteiger partial charge in [0.05, 0.1) is 0 Å². The lowest BCUT2D eigenvalue weighted by Crippen LogP contribution is -2.01. The molecule has 0 radical (unpaired) electrons. The summed E-state index contributed by atoms with van der Waals surface area (Å²) in [6.07, 6.45) is 0.949. The van der Waals surface area contributed by atoms with Crippen LogP contribution in [0.15, 0.2) is 4.60 Å². The van der Waals surface area contributed by atoms with Gasteiger partial charge in [-0.2, -0.15) is 5.26 Å². The van der Waals surface area contributed by atoms with Gasteiger partial charge in [0.2, 0.25) is 0 Å². The van der Waals surface area contributed by atoms with Crippen LogP contribution in [0.3, 0.4) is 0 Å². The molecule has 0 aliphatic carbocycles. The maximum absolute atomic E-state index is 8.63. The number of rotatable bonds is 2. The van der Waals surface area contributed by atoms with Crippen molar-refractivity contribution in [3.05, 3.63) is 10.3 Å². The van der Waals surface area contributed by atoms with Crippen LogP contribution in [-0.4, -0.2) is 15.0 Å². The molecule has 0 amide bonds. The van der Waals surface area contributed by atoms with Gasteiger partial charge in [-0.3, -0.25) is 0 Å². The van der Waals surface area contributed by atoms with Gasteiger partial charge in [0.15, 0.2) is 10.3 Å². The Morgan fingerprint density at radius 1 is 1.73 bits per heavy atom. The van der Waals surface area contributed by atoms with Crippen molar-refractivity contribution in [2.45, 2.75) is 19.9 Å². The van der Waals surface area contributed by atoms with Crippen molar-refractivity contribution in [3.63, 3.8) is 0 Å². The Hall–Kier alpha value is -0.890. The molecule has 0 spiro atoms. The van der Waals surface area contributed by atoms with Gasteiger partial charge in [-0.15, -0.1) is 5.10 Å². The van der Waals surface area contributed by atoms with E-state index < -0.39 is 0 Å². The molecular weight excluding hydrogens is 208 g/mol. The van der Waals surface area contributed by atoms with Crippen LogP contribution in [0.5, 0.6) is 0 Å².